The van der Waals surface area contributed by atoms with Gasteiger partial charge in [0.2, 0.25) is 11.8 Å². The topological polar surface area (TPSA) is 105 Å². The number of rotatable bonds is 6. The van der Waals surface area contributed by atoms with Crippen LogP contribution in [0.15, 0.2) is 24.3 Å². The van der Waals surface area contributed by atoms with Crippen LogP contribution < -0.4 is 10.6 Å². The predicted octanol–water partition coefficient (Wildman–Crippen LogP) is 2.31. The average Bonchev–Trinajstić information content (AvgIpc) is 3.10. The minimum Gasteiger partial charge on any atom is -0.455 e. The SMILES string of the molecule is CC(=O)Nc1ccc(NC(=O)COC(=O)[C@@H]2CC(=O)N(C3CCCCC3)C2)cc1. The Hall–Kier alpha value is -2.90. The molecule has 1 aromatic rings. The second-order valence-corrected chi connectivity index (χ2v) is 7.65. The second-order valence-electron chi connectivity index (χ2n) is 7.65. The summed E-state index contributed by atoms with van der Waals surface area (Å²) in [5.41, 5.74) is 1.15. The summed E-state index contributed by atoms with van der Waals surface area (Å²) < 4.78 is 5.13. The van der Waals surface area contributed by atoms with E-state index in [-0.39, 0.29) is 24.3 Å². The van der Waals surface area contributed by atoms with Crippen molar-refractivity contribution in [3.8, 4) is 0 Å². The fourth-order valence-corrected chi connectivity index (χ4v) is 3.93. The van der Waals surface area contributed by atoms with Crippen molar-refractivity contribution in [3.63, 3.8) is 0 Å². The Kier molecular flexibility index (Phi) is 6.85. The molecule has 1 saturated carbocycles. The molecule has 0 spiro atoms. The molecule has 1 aliphatic heterocycles. The van der Waals surface area contributed by atoms with Gasteiger partial charge >= 0.3 is 5.97 Å². The molecule has 0 radical (unpaired) electrons. The lowest BCUT2D eigenvalue weighted by Crippen LogP contribution is -2.38. The number of carbonyl (C=O) groups excluding carboxylic acids is 4. The maximum Gasteiger partial charge on any atom is 0.311 e. The Morgan fingerprint density at radius 2 is 1.66 bits per heavy atom. The lowest BCUT2D eigenvalue weighted by atomic mass is 9.94. The molecule has 1 saturated heterocycles. The number of anilines is 2. The molecule has 1 aromatic carbocycles. The molecular formula is C21H27N3O5. The first-order valence-electron chi connectivity index (χ1n) is 10.1. The normalized spacial score (nSPS) is 19.7. The standard InChI is InChI=1S/C21H27N3O5/c1-14(25)22-16-7-9-17(10-8-16)23-19(26)13-29-21(28)15-11-20(27)24(12-15)18-5-3-2-4-6-18/h7-10,15,18H,2-6,11-13H2,1H3,(H,22,25)(H,23,26)/t15-/m1/s1. The van der Waals surface area contributed by atoms with Gasteiger partial charge in [0.05, 0.1) is 5.92 Å². The van der Waals surface area contributed by atoms with Gasteiger partial charge in [0.25, 0.3) is 5.91 Å². The van der Waals surface area contributed by atoms with Crippen molar-refractivity contribution in [1.82, 2.24) is 4.90 Å². The van der Waals surface area contributed by atoms with Crippen molar-refractivity contribution in [3.05, 3.63) is 24.3 Å². The van der Waals surface area contributed by atoms with E-state index in [9.17, 15) is 19.2 Å². The van der Waals surface area contributed by atoms with Gasteiger partial charge in [-0.1, -0.05) is 19.3 Å². The van der Waals surface area contributed by atoms with Crippen LogP contribution >= 0.6 is 0 Å². The summed E-state index contributed by atoms with van der Waals surface area (Å²) >= 11 is 0. The number of nitrogens with zero attached hydrogens (tertiary/aromatic N) is 1. The van der Waals surface area contributed by atoms with Crippen LogP contribution in [0.4, 0.5) is 11.4 Å². The molecular weight excluding hydrogens is 374 g/mol. The molecule has 0 aromatic heterocycles. The van der Waals surface area contributed by atoms with Gasteiger partial charge in [-0.05, 0) is 37.1 Å². The first-order chi connectivity index (χ1) is 13.9. The predicted molar refractivity (Wildman–Crippen MR) is 107 cm³/mol. The Morgan fingerprint density at radius 3 is 2.28 bits per heavy atom. The molecule has 2 fully saturated rings. The minimum absolute atomic E-state index is 0.00237. The second kappa shape index (κ2) is 9.54. The smallest absolute Gasteiger partial charge is 0.311 e. The van der Waals surface area contributed by atoms with E-state index < -0.39 is 24.4 Å². The van der Waals surface area contributed by atoms with Gasteiger partial charge in [0.1, 0.15) is 0 Å². The van der Waals surface area contributed by atoms with Crippen molar-refractivity contribution >= 4 is 35.1 Å². The Bertz CT molecular complexity index is 771. The van der Waals surface area contributed by atoms with Gasteiger partial charge in [0, 0.05) is 37.3 Å². The van der Waals surface area contributed by atoms with E-state index >= 15 is 0 Å². The number of likely N-dealkylation sites (tertiary alicyclic amines) is 1. The number of hydrogen-bond acceptors (Lipinski definition) is 5. The molecule has 1 heterocycles. The molecule has 2 N–H and O–H groups in total. The van der Waals surface area contributed by atoms with Crippen molar-refractivity contribution in [2.45, 2.75) is 51.5 Å². The largest absolute Gasteiger partial charge is 0.455 e. The maximum absolute atomic E-state index is 12.3. The summed E-state index contributed by atoms with van der Waals surface area (Å²) in [5, 5.41) is 5.27. The average molecular weight is 401 g/mol. The Morgan fingerprint density at radius 1 is 1.03 bits per heavy atom. The minimum atomic E-state index is -0.507. The molecule has 2 aliphatic rings. The highest BCUT2D eigenvalue weighted by Crippen LogP contribution is 2.29. The third kappa shape index (κ3) is 5.79. The van der Waals surface area contributed by atoms with E-state index in [0.717, 1.165) is 25.7 Å². The summed E-state index contributed by atoms with van der Waals surface area (Å²) in [4.78, 5) is 49.4. The number of ether oxygens (including phenoxy) is 1. The van der Waals surface area contributed by atoms with Gasteiger partial charge in [-0.2, -0.15) is 0 Å². The van der Waals surface area contributed by atoms with E-state index in [1.165, 1.54) is 13.3 Å². The summed E-state index contributed by atoms with van der Waals surface area (Å²) in [7, 11) is 0. The third-order valence-corrected chi connectivity index (χ3v) is 5.34. The molecule has 1 atom stereocenters. The maximum atomic E-state index is 12.3. The zero-order chi connectivity index (χ0) is 20.8. The van der Waals surface area contributed by atoms with Crippen LogP contribution in [-0.2, 0) is 23.9 Å². The molecule has 3 rings (SSSR count). The molecule has 8 nitrogen and oxygen atoms in total. The van der Waals surface area contributed by atoms with E-state index in [2.05, 4.69) is 10.6 Å². The van der Waals surface area contributed by atoms with Crippen molar-refractivity contribution in [1.29, 1.82) is 0 Å². The van der Waals surface area contributed by atoms with E-state index in [0.29, 0.717) is 17.9 Å². The molecule has 0 unspecified atom stereocenters. The molecule has 156 valence electrons. The molecule has 29 heavy (non-hydrogen) atoms. The number of nitrogens with one attached hydrogen (secondary N) is 2. The summed E-state index contributed by atoms with van der Waals surface area (Å²) in [5.74, 6) is -1.65. The Labute approximate surface area is 170 Å². The van der Waals surface area contributed by atoms with Crippen LogP contribution in [0.25, 0.3) is 0 Å². The van der Waals surface area contributed by atoms with E-state index in [4.69, 9.17) is 4.74 Å². The van der Waals surface area contributed by atoms with Crippen LogP contribution in [0.2, 0.25) is 0 Å². The lowest BCUT2D eigenvalue weighted by Gasteiger charge is -2.31. The molecule has 3 amide bonds. The Balaban J connectivity index is 1.43. The number of benzene rings is 1. The number of hydrogen-bond donors (Lipinski definition) is 2. The number of carbonyl (C=O) groups is 4. The van der Waals surface area contributed by atoms with E-state index in [1.807, 2.05) is 4.90 Å². The highest BCUT2D eigenvalue weighted by molar-refractivity contribution is 5.94. The van der Waals surface area contributed by atoms with Crippen LogP contribution in [-0.4, -0.2) is 47.8 Å². The third-order valence-electron chi connectivity index (χ3n) is 5.34. The number of esters is 1. The first kappa shape index (κ1) is 20.8. The number of amides is 3. The van der Waals surface area contributed by atoms with Crippen molar-refractivity contribution in [2.75, 3.05) is 23.8 Å². The summed E-state index contributed by atoms with van der Waals surface area (Å²) in [6, 6.07) is 6.84. The first-order valence-corrected chi connectivity index (χ1v) is 10.1. The quantitative estimate of drug-likeness (QED) is 0.712. The fourth-order valence-electron chi connectivity index (χ4n) is 3.93. The van der Waals surface area contributed by atoms with Gasteiger partial charge < -0.3 is 20.3 Å². The molecule has 0 bridgehead atoms. The summed E-state index contributed by atoms with van der Waals surface area (Å²) in [6.45, 7) is 1.39. The van der Waals surface area contributed by atoms with Crippen LogP contribution in [0, 0.1) is 5.92 Å². The van der Waals surface area contributed by atoms with E-state index in [1.54, 1.807) is 24.3 Å². The monoisotopic (exact) mass is 401 g/mol. The van der Waals surface area contributed by atoms with Crippen molar-refractivity contribution < 1.29 is 23.9 Å². The fraction of sp³-hybridized carbons (Fsp3) is 0.524. The molecule has 8 heteroatoms. The zero-order valence-corrected chi connectivity index (χ0v) is 16.6. The van der Waals surface area contributed by atoms with Gasteiger partial charge in [-0.3, -0.25) is 19.2 Å². The molecule has 1 aliphatic carbocycles. The zero-order valence-electron chi connectivity index (χ0n) is 16.6. The van der Waals surface area contributed by atoms with Gasteiger partial charge in [-0.15, -0.1) is 0 Å². The van der Waals surface area contributed by atoms with Crippen molar-refractivity contribution in [2.24, 2.45) is 5.92 Å². The van der Waals surface area contributed by atoms with Crippen LogP contribution in [0.3, 0.4) is 0 Å². The summed E-state index contributed by atoms with van der Waals surface area (Å²) in [6.07, 6.45) is 5.59. The van der Waals surface area contributed by atoms with Crippen LogP contribution in [0.5, 0.6) is 0 Å². The van der Waals surface area contributed by atoms with Gasteiger partial charge in [-0.25, -0.2) is 0 Å². The van der Waals surface area contributed by atoms with Crippen LogP contribution in [0.1, 0.15) is 45.4 Å². The van der Waals surface area contributed by atoms with Gasteiger partial charge in [0.15, 0.2) is 6.61 Å². The highest BCUT2D eigenvalue weighted by atomic mass is 16.5. The lowest BCUT2D eigenvalue weighted by molar-refractivity contribution is -0.151. The highest BCUT2D eigenvalue weighted by Gasteiger charge is 2.39.